The number of allylic oxidation sites excluding steroid dienone is 1. The second kappa shape index (κ2) is 12.1. The maximum Gasteiger partial charge on any atom is 0.256 e. The maximum absolute atomic E-state index is 13.9. The Labute approximate surface area is 245 Å². The molecule has 10 nitrogen and oxygen atoms in total. The van der Waals surface area contributed by atoms with Crippen molar-refractivity contribution < 1.29 is 14.3 Å². The third kappa shape index (κ3) is 5.49. The maximum atomic E-state index is 13.9. The van der Waals surface area contributed by atoms with Crippen LogP contribution in [0.4, 0.5) is 5.82 Å². The first kappa shape index (κ1) is 28.9. The highest BCUT2D eigenvalue weighted by atomic mass is 16.5. The van der Waals surface area contributed by atoms with Gasteiger partial charge in [-0.05, 0) is 62.2 Å². The van der Waals surface area contributed by atoms with Gasteiger partial charge in [-0.1, -0.05) is 6.08 Å². The first-order valence-electron chi connectivity index (χ1n) is 14.1. The highest BCUT2D eigenvalue weighted by molar-refractivity contribution is 5.99. The summed E-state index contributed by atoms with van der Waals surface area (Å²) in [5.41, 5.74) is 7.03. The molecule has 0 spiro atoms. The summed E-state index contributed by atoms with van der Waals surface area (Å²) in [6.07, 6.45) is 5.96. The van der Waals surface area contributed by atoms with Crippen LogP contribution in [0, 0.1) is 13.8 Å². The number of morpholine rings is 1. The highest BCUT2D eigenvalue weighted by Crippen LogP contribution is 2.34. The molecule has 0 aromatic carbocycles. The SMILES string of the molecule is CC=C(c1c(C)c(C(=O)NCc2c(OC)cc(C)[nH]c2=O)cc2c(-c3ccnc(N(C)C)c3)ccn12)N1CCOCC1. The van der Waals surface area contributed by atoms with Crippen LogP contribution in [0.2, 0.25) is 0 Å². The number of rotatable bonds is 8. The zero-order valence-corrected chi connectivity index (χ0v) is 25.1. The monoisotopic (exact) mass is 570 g/mol. The zero-order valence-electron chi connectivity index (χ0n) is 25.1. The van der Waals surface area contributed by atoms with Gasteiger partial charge in [0.25, 0.3) is 11.5 Å². The van der Waals surface area contributed by atoms with Gasteiger partial charge in [-0.3, -0.25) is 9.59 Å². The number of aryl methyl sites for hydroxylation is 1. The Morgan fingerprint density at radius 1 is 1.19 bits per heavy atom. The lowest BCUT2D eigenvalue weighted by Crippen LogP contribution is -2.36. The minimum Gasteiger partial charge on any atom is -0.496 e. The standard InChI is InChI=1S/C32H38N6O4/c1-7-26(37-12-14-42-15-13-37)30-21(3)24(31(39)34-19-25-28(41-6)16-20(2)35-32(25)40)18-27-23(9-11-38(27)30)22-8-10-33-29(17-22)36(4)5/h7-11,16-18H,12-15,19H2,1-6H3,(H,34,39)(H,35,40). The van der Waals surface area contributed by atoms with Gasteiger partial charge in [0, 0.05) is 56.4 Å². The van der Waals surface area contributed by atoms with E-state index in [2.05, 4.69) is 42.9 Å². The number of H-pyrrole nitrogens is 1. The number of nitrogens with zero attached hydrogens (tertiary/aromatic N) is 4. The van der Waals surface area contributed by atoms with Gasteiger partial charge in [0.2, 0.25) is 0 Å². The fourth-order valence-corrected chi connectivity index (χ4v) is 5.54. The molecule has 1 saturated heterocycles. The van der Waals surface area contributed by atoms with Crippen LogP contribution in [-0.2, 0) is 11.3 Å². The predicted octanol–water partition coefficient (Wildman–Crippen LogP) is 4.00. The summed E-state index contributed by atoms with van der Waals surface area (Å²) in [6, 6.07) is 9.79. The molecule has 0 radical (unpaired) electrons. The first-order chi connectivity index (χ1) is 20.2. The summed E-state index contributed by atoms with van der Waals surface area (Å²) < 4.78 is 13.2. The molecule has 0 saturated carbocycles. The van der Waals surface area contributed by atoms with Gasteiger partial charge in [-0.2, -0.15) is 0 Å². The van der Waals surface area contributed by atoms with Gasteiger partial charge in [0.05, 0.1) is 49.3 Å². The van der Waals surface area contributed by atoms with Gasteiger partial charge in [0.1, 0.15) is 11.6 Å². The predicted molar refractivity (Wildman–Crippen MR) is 165 cm³/mol. The number of nitrogens with one attached hydrogen (secondary N) is 2. The van der Waals surface area contributed by atoms with Crippen molar-refractivity contribution in [2.24, 2.45) is 0 Å². The molecule has 10 heteroatoms. The van der Waals surface area contributed by atoms with Crippen molar-refractivity contribution in [1.82, 2.24) is 24.6 Å². The van der Waals surface area contributed by atoms with Crippen molar-refractivity contribution in [3.63, 3.8) is 0 Å². The minimum atomic E-state index is -0.285. The lowest BCUT2D eigenvalue weighted by atomic mass is 10.0. The molecule has 1 fully saturated rings. The van der Waals surface area contributed by atoms with Crippen LogP contribution in [0.25, 0.3) is 22.3 Å². The summed E-state index contributed by atoms with van der Waals surface area (Å²) in [5, 5.41) is 2.98. The van der Waals surface area contributed by atoms with Crippen molar-refractivity contribution in [2.45, 2.75) is 27.3 Å². The molecule has 4 aromatic rings. The van der Waals surface area contributed by atoms with E-state index in [0.29, 0.717) is 35.8 Å². The van der Waals surface area contributed by atoms with Crippen molar-refractivity contribution >= 4 is 22.9 Å². The summed E-state index contributed by atoms with van der Waals surface area (Å²) >= 11 is 0. The number of fused-ring (bicyclic) bond motifs is 1. The molecule has 0 atom stereocenters. The van der Waals surface area contributed by atoms with Crippen molar-refractivity contribution in [3.05, 3.63) is 87.2 Å². The third-order valence-corrected chi connectivity index (χ3v) is 7.71. The highest BCUT2D eigenvalue weighted by Gasteiger charge is 2.24. The average molecular weight is 571 g/mol. The number of carbonyl (C=O) groups excluding carboxylic acids is 1. The van der Waals surface area contributed by atoms with E-state index < -0.39 is 0 Å². The fraction of sp³-hybridized carbons (Fsp3) is 0.344. The Balaban J connectivity index is 1.64. The molecule has 4 aromatic heterocycles. The summed E-state index contributed by atoms with van der Waals surface area (Å²) in [7, 11) is 5.44. The molecule has 0 bridgehead atoms. The fourth-order valence-electron chi connectivity index (χ4n) is 5.54. The van der Waals surface area contributed by atoms with Gasteiger partial charge < -0.3 is 34.0 Å². The quantitative estimate of drug-likeness (QED) is 0.330. The van der Waals surface area contributed by atoms with E-state index in [1.807, 2.05) is 51.0 Å². The lowest BCUT2D eigenvalue weighted by Gasteiger charge is -2.32. The number of carbonyl (C=O) groups is 1. The van der Waals surface area contributed by atoms with Gasteiger partial charge in [0.15, 0.2) is 0 Å². The molecular formula is C32H38N6O4. The van der Waals surface area contributed by atoms with Crippen LogP contribution in [0.3, 0.4) is 0 Å². The number of amides is 1. The van der Waals surface area contributed by atoms with Crippen molar-refractivity contribution in [2.75, 3.05) is 52.4 Å². The molecule has 0 aliphatic carbocycles. The van der Waals surface area contributed by atoms with Crippen LogP contribution in [0.5, 0.6) is 5.75 Å². The van der Waals surface area contributed by atoms with E-state index >= 15 is 0 Å². The summed E-state index contributed by atoms with van der Waals surface area (Å²) in [4.78, 5) is 38.1. The van der Waals surface area contributed by atoms with Gasteiger partial charge >= 0.3 is 0 Å². The van der Waals surface area contributed by atoms with Crippen molar-refractivity contribution in [1.29, 1.82) is 0 Å². The van der Waals surface area contributed by atoms with Gasteiger partial charge in [-0.15, -0.1) is 0 Å². The van der Waals surface area contributed by atoms with Crippen LogP contribution in [-0.4, -0.2) is 72.7 Å². The molecule has 1 aliphatic rings. The molecule has 220 valence electrons. The minimum absolute atomic E-state index is 0.0297. The van der Waals surface area contributed by atoms with Gasteiger partial charge in [-0.25, -0.2) is 4.98 Å². The van der Waals surface area contributed by atoms with E-state index in [1.54, 1.807) is 19.2 Å². The molecule has 0 unspecified atom stereocenters. The Morgan fingerprint density at radius 3 is 2.64 bits per heavy atom. The van der Waals surface area contributed by atoms with E-state index in [1.165, 1.54) is 7.11 Å². The van der Waals surface area contributed by atoms with Crippen molar-refractivity contribution in [3.8, 4) is 16.9 Å². The number of methoxy groups -OCH3 is 1. The largest absolute Gasteiger partial charge is 0.496 e. The Hall–Kier alpha value is -4.57. The third-order valence-electron chi connectivity index (χ3n) is 7.71. The molecule has 5 heterocycles. The second-order valence-electron chi connectivity index (χ2n) is 10.6. The van der Waals surface area contributed by atoms with Crippen LogP contribution >= 0.6 is 0 Å². The normalized spacial score (nSPS) is 13.9. The molecule has 1 aliphatic heterocycles. The van der Waals surface area contributed by atoms with E-state index in [0.717, 1.165) is 52.5 Å². The average Bonchev–Trinajstić information content (AvgIpc) is 3.41. The van der Waals surface area contributed by atoms with E-state index in [-0.39, 0.29) is 18.0 Å². The smallest absolute Gasteiger partial charge is 0.256 e. The number of hydrogen-bond acceptors (Lipinski definition) is 7. The number of pyridine rings is 3. The van der Waals surface area contributed by atoms with Crippen LogP contribution in [0.15, 0.2) is 53.6 Å². The Morgan fingerprint density at radius 2 is 1.95 bits per heavy atom. The second-order valence-corrected chi connectivity index (χ2v) is 10.6. The number of ether oxygens (including phenoxy) is 2. The molecule has 42 heavy (non-hydrogen) atoms. The lowest BCUT2D eigenvalue weighted by molar-refractivity contribution is 0.0637. The Bertz CT molecular complexity index is 1710. The number of hydrogen-bond donors (Lipinski definition) is 2. The first-order valence-corrected chi connectivity index (χ1v) is 14.1. The summed E-state index contributed by atoms with van der Waals surface area (Å²) in [5.74, 6) is 1.01. The zero-order chi connectivity index (χ0) is 30.0. The Kier molecular flexibility index (Phi) is 8.35. The van der Waals surface area contributed by atoms with E-state index in [4.69, 9.17) is 9.47 Å². The molecule has 2 N–H and O–H groups in total. The number of anilines is 1. The number of aromatic nitrogens is 3. The van der Waals surface area contributed by atoms with Crippen LogP contribution in [0.1, 0.15) is 39.8 Å². The van der Waals surface area contributed by atoms with Crippen LogP contribution < -0.4 is 20.5 Å². The summed E-state index contributed by atoms with van der Waals surface area (Å²) in [6.45, 7) is 8.64. The number of aromatic amines is 1. The molecule has 5 rings (SSSR count). The van der Waals surface area contributed by atoms with E-state index in [9.17, 15) is 9.59 Å². The molecular weight excluding hydrogens is 532 g/mol. The topological polar surface area (TPSA) is 104 Å². The molecule has 1 amide bonds.